The molecule has 5 heteroatoms. The number of carbonyl (C=O) groups is 1. The number of rotatable bonds is 4. The summed E-state index contributed by atoms with van der Waals surface area (Å²) in [5, 5.41) is 3.13. The van der Waals surface area contributed by atoms with Gasteiger partial charge in [-0.25, -0.2) is 4.39 Å². The number of benzene rings is 1. The monoisotopic (exact) mass is 372 g/mol. The van der Waals surface area contributed by atoms with Crippen molar-refractivity contribution in [2.45, 2.75) is 32.6 Å². The number of nitrogens with one attached hydrogen (secondary N) is 1. The lowest BCUT2D eigenvalue weighted by atomic mass is 9.90. The van der Waals surface area contributed by atoms with Gasteiger partial charge in [0, 0.05) is 30.2 Å². The third-order valence-corrected chi connectivity index (χ3v) is 6.82. The third kappa shape index (κ3) is 3.78. The zero-order valence-electron chi connectivity index (χ0n) is 15.1. The van der Waals surface area contributed by atoms with Crippen LogP contribution in [0, 0.1) is 17.7 Å². The molecule has 3 nitrogen and oxygen atoms in total. The maximum Gasteiger partial charge on any atom is 0.261 e. The van der Waals surface area contributed by atoms with Gasteiger partial charge in [0.1, 0.15) is 5.82 Å². The maximum absolute atomic E-state index is 13.1. The van der Waals surface area contributed by atoms with E-state index >= 15 is 0 Å². The van der Waals surface area contributed by atoms with Gasteiger partial charge in [0.25, 0.3) is 5.91 Å². The highest BCUT2D eigenvalue weighted by atomic mass is 32.1. The third-order valence-electron chi connectivity index (χ3n) is 5.58. The first-order valence-electron chi connectivity index (χ1n) is 9.49. The minimum Gasteiger partial charge on any atom is -0.371 e. The van der Waals surface area contributed by atoms with Crippen molar-refractivity contribution in [3.05, 3.63) is 51.5 Å². The summed E-state index contributed by atoms with van der Waals surface area (Å²) >= 11 is 1.67. The minimum atomic E-state index is -0.204. The van der Waals surface area contributed by atoms with Crippen LogP contribution >= 0.6 is 11.3 Å². The number of anilines is 1. The SMILES string of the molecule is CC1CCc2sc(C(=O)NCC3CCN(c4ccc(F)cc4)C3)cc2C1. The van der Waals surface area contributed by atoms with Crippen LogP contribution in [0.3, 0.4) is 0 Å². The molecule has 0 bridgehead atoms. The van der Waals surface area contributed by atoms with Crippen molar-refractivity contribution in [2.24, 2.45) is 11.8 Å². The second-order valence-corrected chi connectivity index (χ2v) is 8.83. The molecule has 2 aliphatic rings. The van der Waals surface area contributed by atoms with E-state index in [-0.39, 0.29) is 11.7 Å². The molecule has 138 valence electrons. The first-order valence-corrected chi connectivity index (χ1v) is 10.3. The van der Waals surface area contributed by atoms with E-state index in [2.05, 4.69) is 23.2 Å². The van der Waals surface area contributed by atoms with Gasteiger partial charge in [0.2, 0.25) is 0 Å². The first-order chi connectivity index (χ1) is 12.6. The molecule has 26 heavy (non-hydrogen) atoms. The number of nitrogens with zero attached hydrogens (tertiary/aromatic N) is 1. The van der Waals surface area contributed by atoms with Crippen LogP contribution < -0.4 is 10.2 Å². The van der Waals surface area contributed by atoms with Crippen LogP contribution in [0.15, 0.2) is 30.3 Å². The Balaban J connectivity index is 1.30. The molecule has 1 aromatic carbocycles. The topological polar surface area (TPSA) is 32.3 Å². The number of halogens is 1. The highest BCUT2D eigenvalue weighted by molar-refractivity contribution is 7.14. The summed E-state index contributed by atoms with van der Waals surface area (Å²) in [5.74, 6) is 1.03. The molecular formula is C21H25FN2OS. The van der Waals surface area contributed by atoms with Crippen molar-refractivity contribution in [3.8, 4) is 0 Å². The van der Waals surface area contributed by atoms with Crippen molar-refractivity contribution in [1.29, 1.82) is 0 Å². The molecule has 1 fully saturated rings. The van der Waals surface area contributed by atoms with Crippen LogP contribution in [0.25, 0.3) is 0 Å². The summed E-state index contributed by atoms with van der Waals surface area (Å²) in [5.41, 5.74) is 2.43. The summed E-state index contributed by atoms with van der Waals surface area (Å²) in [6.07, 6.45) is 4.50. The second-order valence-electron chi connectivity index (χ2n) is 7.69. The molecule has 1 amide bonds. The van der Waals surface area contributed by atoms with Crippen LogP contribution in [0.1, 0.15) is 39.9 Å². The molecule has 0 spiro atoms. The Morgan fingerprint density at radius 2 is 2.12 bits per heavy atom. The average molecular weight is 373 g/mol. The Morgan fingerprint density at radius 3 is 2.92 bits per heavy atom. The number of hydrogen-bond donors (Lipinski definition) is 1. The minimum absolute atomic E-state index is 0.0669. The number of aryl methyl sites for hydroxylation is 1. The fraction of sp³-hybridized carbons (Fsp3) is 0.476. The molecule has 1 aromatic heterocycles. The molecule has 0 saturated carbocycles. The Hall–Kier alpha value is -1.88. The van der Waals surface area contributed by atoms with Crippen molar-refractivity contribution in [3.63, 3.8) is 0 Å². The van der Waals surface area contributed by atoms with E-state index in [0.717, 1.165) is 48.8 Å². The van der Waals surface area contributed by atoms with Crippen LogP contribution in [-0.4, -0.2) is 25.5 Å². The number of fused-ring (bicyclic) bond motifs is 1. The smallest absolute Gasteiger partial charge is 0.261 e. The predicted octanol–water partition coefficient (Wildman–Crippen LogP) is 4.27. The Labute approximate surface area is 158 Å². The van der Waals surface area contributed by atoms with Crippen LogP contribution in [0.4, 0.5) is 10.1 Å². The molecule has 2 unspecified atom stereocenters. The molecule has 1 saturated heterocycles. The van der Waals surface area contributed by atoms with Gasteiger partial charge in [0.05, 0.1) is 4.88 Å². The number of carbonyl (C=O) groups excluding carboxylic acids is 1. The molecular weight excluding hydrogens is 347 g/mol. The van der Waals surface area contributed by atoms with Gasteiger partial charge >= 0.3 is 0 Å². The summed E-state index contributed by atoms with van der Waals surface area (Å²) in [6, 6.07) is 8.76. The lowest BCUT2D eigenvalue weighted by Crippen LogP contribution is -2.30. The average Bonchev–Trinajstić information content (AvgIpc) is 3.27. The molecule has 2 atom stereocenters. The Morgan fingerprint density at radius 1 is 1.31 bits per heavy atom. The summed E-state index contributed by atoms with van der Waals surface area (Å²) in [6.45, 7) is 4.85. The van der Waals surface area contributed by atoms with Crippen molar-refractivity contribution in [1.82, 2.24) is 5.32 Å². The number of amides is 1. The van der Waals surface area contributed by atoms with E-state index in [4.69, 9.17) is 0 Å². The molecule has 1 aliphatic heterocycles. The van der Waals surface area contributed by atoms with Gasteiger partial charge in [-0.05, 0) is 73.4 Å². The largest absolute Gasteiger partial charge is 0.371 e. The van der Waals surface area contributed by atoms with Gasteiger partial charge in [-0.1, -0.05) is 6.92 Å². The summed E-state index contributed by atoms with van der Waals surface area (Å²) < 4.78 is 13.1. The highest BCUT2D eigenvalue weighted by Gasteiger charge is 2.24. The fourth-order valence-corrected chi connectivity index (χ4v) is 5.15. The molecule has 2 heterocycles. The van der Waals surface area contributed by atoms with Gasteiger partial charge in [-0.2, -0.15) is 0 Å². The zero-order chi connectivity index (χ0) is 18.1. The van der Waals surface area contributed by atoms with Crippen molar-refractivity contribution in [2.75, 3.05) is 24.5 Å². The number of thiophene rings is 1. The van der Waals surface area contributed by atoms with Crippen LogP contribution in [0.2, 0.25) is 0 Å². The van der Waals surface area contributed by atoms with E-state index in [1.807, 2.05) is 12.1 Å². The number of hydrogen-bond acceptors (Lipinski definition) is 3. The normalized spacial score (nSPS) is 22.3. The Kier molecular flexibility index (Phi) is 4.98. The molecule has 0 radical (unpaired) electrons. The molecule has 4 rings (SSSR count). The van der Waals surface area contributed by atoms with Gasteiger partial charge in [-0.15, -0.1) is 11.3 Å². The van der Waals surface area contributed by atoms with Crippen LogP contribution in [0.5, 0.6) is 0 Å². The predicted molar refractivity (Wildman–Crippen MR) is 105 cm³/mol. The lowest BCUT2D eigenvalue weighted by molar-refractivity contribution is 0.0952. The maximum atomic E-state index is 13.1. The van der Waals surface area contributed by atoms with Crippen molar-refractivity contribution < 1.29 is 9.18 Å². The van der Waals surface area contributed by atoms with E-state index < -0.39 is 0 Å². The standard InChI is InChI=1S/C21H25FN2OS/c1-14-2-7-19-16(10-14)11-20(26-19)21(25)23-12-15-8-9-24(13-15)18-5-3-17(22)4-6-18/h3-6,11,14-15H,2,7-10,12-13H2,1H3,(H,23,25). The van der Waals surface area contributed by atoms with Crippen molar-refractivity contribution >= 4 is 22.9 Å². The zero-order valence-corrected chi connectivity index (χ0v) is 15.9. The fourth-order valence-electron chi connectivity index (χ4n) is 4.03. The Bertz CT molecular complexity index is 786. The molecule has 1 N–H and O–H groups in total. The molecule has 1 aliphatic carbocycles. The summed E-state index contributed by atoms with van der Waals surface area (Å²) in [4.78, 5) is 17.1. The van der Waals surface area contributed by atoms with Gasteiger partial charge in [0.15, 0.2) is 0 Å². The van der Waals surface area contributed by atoms with Gasteiger partial charge < -0.3 is 10.2 Å². The second kappa shape index (κ2) is 7.39. The highest BCUT2D eigenvalue weighted by Crippen LogP contribution is 2.32. The van der Waals surface area contributed by atoms with E-state index in [9.17, 15) is 9.18 Å². The van der Waals surface area contributed by atoms with E-state index in [1.54, 1.807) is 11.3 Å². The van der Waals surface area contributed by atoms with E-state index in [0.29, 0.717) is 12.5 Å². The first kappa shape index (κ1) is 17.5. The van der Waals surface area contributed by atoms with E-state index in [1.165, 1.54) is 29.0 Å². The van der Waals surface area contributed by atoms with Gasteiger partial charge in [-0.3, -0.25) is 4.79 Å². The van der Waals surface area contributed by atoms with Crippen LogP contribution in [-0.2, 0) is 12.8 Å². The quantitative estimate of drug-likeness (QED) is 0.869. The summed E-state index contributed by atoms with van der Waals surface area (Å²) in [7, 11) is 0. The molecule has 2 aromatic rings. The lowest BCUT2D eigenvalue weighted by Gasteiger charge is -2.18.